The van der Waals surface area contributed by atoms with E-state index in [1.165, 1.54) is 0 Å². The van der Waals surface area contributed by atoms with Crippen LogP contribution in [0.2, 0.25) is 0 Å². The van der Waals surface area contributed by atoms with E-state index in [0.29, 0.717) is 4.83 Å². The van der Waals surface area contributed by atoms with Crippen LogP contribution in [0.4, 0.5) is 0 Å². The molecule has 0 aliphatic carbocycles. The summed E-state index contributed by atoms with van der Waals surface area (Å²) in [5.41, 5.74) is 1.14. The van der Waals surface area contributed by atoms with Crippen molar-refractivity contribution in [2.45, 2.75) is 24.6 Å². The highest BCUT2D eigenvalue weighted by molar-refractivity contribution is 9.10. The fourth-order valence-electron chi connectivity index (χ4n) is 0.898. The lowest BCUT2D eigenvalue weighted by Gasteiger charge is -2.04. The quantitative estimate of drug-likeness (QED) is 0.776. The molecule has 0 aromatic carbocycles. The second-order valence-corrected chi connectivity index (χ2v) is 4.89. The van der Waals surface area contributed by atoms with Crippen LogP contribution in [0, 0.1) is 0 Å². The molecule has 0 aliphatic heterocycles. The summed E-state index contributed by atoms with van der Waals surface area (Å²) in [6.07, 6.45) is 3.98. The minimum Gasteiger partial charge on any atom is -0.260 e. The number of alkyl halides is 1. The van der Waals surface area contributed by atoms with Crippen molar-refractivity contribution in [2.75, 3.05) is 0 Å². The second kappa shape index (κ2) is 4.97. The van der Waals surface area contributed by atoms with E-state index in [1.54, 1.807) is 0 Å². The van der Waals surface area contributed by atoms with Gasteiger partial charge in [-0.3, -0.25) is 4.98 Å². The summed E-state index contributed by atoms with van der Waals surface area (Å²) >= 11 is 6.93. The van der Waals surface area contributed by atoms with Crippen molar-refractivity contribution in [1.29, 1.82) is 0 Å². The Bertz CT molecular complexity index is 233. The largest absolute Gasteiger partial charge is 0.260 e. The molecular weight excluding hydrogens is 282 g/mol. The number of rotatable bonds is 3. The third kappa shape index (κ3) is 3.23. The molecule has 66 valence electrons. The number of halogens is 2. The Hall–Kier alpha value is 0.110. The van der Waals surface area contributed by atoms with Crippen molar-refractivity contribution in [2.24, 2.45) is 0 Å². The van der Waals surface area contributed by atoms with Crippen molar-refractivity contribution in [3.63, 3.8) is 0 Å². The number of pyridine rings is 1. The average Bonchev–Trinajstić information content (AvgIpc) is 2.09. The zero-order chi connectivity index (χ0) is 8.97. The Labute approximate surface area is 89.8 Å². The molecule has 1 rings (SSSR count). The Morgan fingerprint density at radius 1 is 1.50 bits per heavy atom. The van der Waals surface area contributed by atoms with Gasteiger partial charge >= 0.3 is 0 Å². The summed E-state index contributed by atoms with van der Waals surface area (Å²) in [5.74, 6) is 0. The van der Waals surface area contributed by atoms with Crippen LogP contribution < -0.4 is 0 Å². The minimum absolute atomic E-state index is 0.547. The molecule has 0 amide bonds. The molecular formula is C9H11Br2N. The molecule has 1 aromatic heterocycles. The van der Waals surface area contributed by atoms with E-state index in [-0.39, 0.29) is 0 Å². The van der Waals surface area contributed by atoms with Gasteiger partial charge in [-0.25, -0.2) is 0 Å². The third-order valence-electron chi connectivity index (χ3n) is 1.66. The van der Waals surface area contributed by atoms with Crippen LogP contribution in [-0.4, -0.2) is 9.81 Å². The first-order valence-corrected chi connectivity index (χ1v) is 5.67. The molecule has 0 saturated heterocycles. The van der Waals surface area contributed by atoms with Gasteiger partial charge in [-0.1, -0.05) is 22.9 Å². The highest BCUT2D eigenvalue weighted by Gasteiger charge is 2.02. The number of aromatic nitrogens is 1. The smallest absolute Gasteiger partial charge is 0.0415 e. The maximum absolute atomic E-state index is 4.29. The summed E-state index contributed by atoms with van der Waals surface area (Å²) in [4.78, 5) is 4.84. The van der Waals surface area contributed by atoms with E-state index in [0.717, 1.165) is 23.0 Å². The van der Waals surface area contributed by atoms with E-state index in [2.05, 4.69) is 43.8 Å². The van der Waals surface area contributed by atoms with Crippen molar-refractivity contribution < 1.29 is 0 Å². The molecule has 0 aliphatic rings. The normalized spacial score (nSPS) is 12.9. The summed E-state index contributed by atoms with van der Waals surface area (Å²) < 4.78 is 1.04. The fourth-order valence-corrected chi connectivity index (χ4v) is 1.46. The van der Waals surface area contributed by atoms with E-state index in [1.807, 2.05) is 18.3 Å². The molecule has 12 heavy (non-hydrogen) atoms. The fraction of sp³-hybridized carbons (Fsp3) is 0.444. The zero-order valence-electron chi connectivity index (χ0n) is 6.93. The molecule has 1 unspecified atom stereocenters. The van der Waals surface area contributed by atoms with Gasteiger partial charge in [0, 0.05) is 27.6 Å². The molecule has 1 atom stereocenters. The highest BCUT2D eigenvalue weighted by atomic mass is 79.9. The first kappa shape index (κ1) is 10.2. The Kier molecular flexibility index (Phi) is 4.22. The second-order valence-electron chi connectivity index (χ2n) is 2.68. The molecule has 0 spiro atoms. The minimum atomic E-state index is 0.547. The maximum atomic E-state index is 4.29. The lowest BCUT2D eigenvalue weighted by Crippen LogP contribution is -2.01. The molecule has 1 aromatic rings. The average molecular weight is 293 g/mol. The van der Waals surface area contributed by atoms with Gasteiger partial charge in [0.25, 0.3) is 0 Å². The highest BCUT2D eigenvalue weighted by Crippen LogP contribution is 2.13. The van der Waals surface area contributed by atoms with Crippen molar-refractivity contribution in [3.05, 3.63) is 28.5 Å². The number of hydrogen-bond donors (Lipinski definition) is 0. The summed E-state index contributed by atoms with van der Waals surface area (Å²) in [6, 6.07) is 4.08. The standard InChI is InChI=1S/C9H11Br2N/c1-2-7(10)5-9-4-3-8(11)6-12-9/h3-4,6-7H,2,5H2,1H3. The predicted molar refractivity (Wildman–Crippen MR) is 58.6 cm³/mol. The predicted octanol–water partition coefficient (Wildman–Crippen LogP) is 3.56. The molecule has 0 bridgehead atoms. The molecule has 1 nitrogen and oxygen atoms in total. The van der Waals surface area contributed by atoms with E-state index in [9.17, 15) is 0 Å². The van der Waals surface area contributed by atoms with Crippen LogP contribution in [0.1, 0.15) is 19.0 Å². The van der Waals surface area contributed by atoms with Gasteiger partial charge < -0.3 is 0 Å². The van der Waals surface area contributed by atoms with E-state index >= 15 is 0 Å². The molecule has 0 saturated carbocycles. The van der Waals surface area contributed by atoms with Gasteiger partial charge in [0.1, 0.15) is 0 Å². The van der Waals surface area contributed by atoms with Gasteiger partial charge in [-0.15, -0.1) is 0 Å². The summed E-state index contributed by atoms with van der Waals surface area (Å²) in [5, 5.41) is 0. The summed E-state index contributed by atoms with van der Waals surface area (Å²) in [7, 11) is 0. The van der Waals surface area contributed by atoms with Crippen LogP contribution in [0.25, 0.3) is 0 Å². The monoisotopic (exact) mass is 291 g/mol. The van der Waals surface area contributed by atoms with Crippen molar-refractivity contribution >= 4 is 31.9 Å². The van der Waals surface area contributed by atoms with Gasteiger partial charge in [0.2, 0.25) is 0 Å². The lowest BCUT2D eigenvalue weighted by molar-refractivity contribution is 0.808. The zero-order valence-corrected chi connectivity index (χ0v) is 10.1. The Balaban J connectivity index is 2.58. The van der Waals surface area contributed by atoms with Crippen LogP contribution in [0.15, 0.2) is 22.8 Å². The molecule has 3 heteroatoms. The summed E-state index contributed by atoms with van der Waals surface area (Å²) in [6.45, 7) is 2.16. The van der Waals surface area contributed by atoms with E-state index in [4.69, 9.17) is 0 Å². The van der Waals surface area contributed by atoms with E-state index < -0.39 is 0 Å². The number of hydrogen-bond acceptors (Lipinski definition) is 1. The lowest BCUT2D eigenvalue weighted by atomic mass is 10.2. The van der Waals surface area contributed by atoms with Crippen LogP contribution >= 0.6 is 31.9 Å². The molecule has 0 radical (unpaired) electrons. The SMILES string of the molecule is CCC(Br)Cc1ccc(Br)cn1. The van der Waals surface area contributed by atoms with Gasteiger partial charge in [-0.05, 0) is 34.5 Å². The van der Waals surface area contributed by atoms with Gasteiger partial charge in [-0.2, -0.15) is 0 Å². The van der Waals surface area contributed by atoms with Crippen LogP contribution in [-0.2, 0) is 6.42 Å². The van der Waals surface area contributed by atoms with Crippen molar-refractivity contribution in [1.82, 2.24) is 4.98 Å². The Morgan fingerprint density at radius 2 is 2.25 bits per heavy atom. The molecule has 0 N–H and O–H groups in total. The number of nitrogens with zero attached hydrogens (tertiary/aromatic N) is 1. The molecule has 1 heterocycles. The van der Waals surface area contributed by atoms with Crippen molar-refractivity contribution in [3.8, 4) is 0 Å². The maximum Gasteiger partial charge on any atom is 0.0415 e. The van der Waals surface area contributed by atoms with Gasteiger partial charge in [0.05, 0.1) is 0 Å². The Morgan fingerprint density at radius 3 is 2.75 bits per heavy atom. The van der Waals surface area contributed by atoms with Crippen LogP contribution in [0.3, 0.4) is 0 Å². The first-order chi connectivity index (χ1) is 5.72. The topological polar surface area (TPSA) is 12.9 Å². The molecule has 0 fully saturated rings. The van der Waals surface area contributed by atoms with Crippen LogP contribution in [0.5, 0.6) is 0 Å². The first-order valence-electron chi connectivity index (χ1n) is 3.97. The third-order valence-corrected chi connectivity index (χ3v) is 3.10. The van der Waals surface area contributed by atoms with Gasteiger partial charge in [0.15, 0.2) is 0 Å².